The third-order valence-corrected chi connectivity index (χ3v) is 1.87. The Balaban J connectivity index is 2.57. The Morgan fingerprint density at radius 2 is 2.19 bits per heavy atom. The standard InChI is InChI=1S/C10H11N5O/c1-10(2,16)4-3-6-7-8(11)12-5-13-9(7)15-14-6/h5,16H,1-2H3,(H3,11,12,13,14,15). The van der Waals surface area contributed by atoms with Gasteiger partial charge in [-0.1, -0.05) is 5.92 Å². The van der Waals surface area contributed by atoms with Gasteiger partial charge in [-0.25, -0.2) is 9.97 Å². The van der Waals surface area contributed by atoms with E-state index in [0.717, 1.165) is 0 Å². The van der Waals surface area contributed by atoms with Crippen LogP contribution < -0.4 is 5.73 Å². The number of fused-ring (bicyclic) bond motifs is 1. The van der Waals surface area contributed by atoms with Crippen LogP contribution in [0, 0.1) is 11.8 Å². The van der Waals surface area contributed by atoms with Crippen molar-refractivity contribution in [3.05, 3.63) is 12.0 Å². The van der Waals surface area contributed by atoms with Crippen molar-refractivity contribution in [2.45, 2.75) is 19.4 Å². The van der Waals surface area contributed by atoms with E-state index in [9.17, 15) is 5.11 Å². The first kappa shape index (κ1) is 10.4. The number of rotatable bonds is 0. The van der Waals surface area contributed by atoms with Crippen molar-refractivity contribution in [2.24, 2.45) is 0 Å². The minimum atomic E-state index is -1.07. The molecule has 0 radical (unpaired) electrons. The average molecular weight is 217 g/mol. The molecule has 2 aromatic rings. The fourth-order valence-electron chi connectivity index (χ4n) is 1.18. The van der Waals surface area contributed by atoms with Crippen molar-refractivity contribution in [1.82, 2.24) is 20.2 Å². The van der Waals surface area contributed by atoms with Gasteiger partial charge in [0.25, 0.3) is 0 Å². The van der Waals surface area contributed by atoms with Gasteiger partial charge in [0, 0.05) is 0 Å². The molecule has 2 aromatic heterocycles. The number of aliphatic hydroxyl groups is 1. The van der Waals surface area contributed by atoms with Crippen LogP contribution >= 0.6 is 0 Å². The van der Waals surface area contributed by atoms with Crippen molar-refractivity contribution in [1.29, 1.82) is 0 Å². The van der Waals surface area contributed by atoms with Crippen molar-refractivity contribution in [3.63, 3.8) is 0 Å². The summed E-state index contributed by atoms with van der Waals surface area (Å²) in [7, 11) is 0. The van der Waals surface area contributed by atoms with Crippen molar-refractivity contribution >= 4 is 16.9 Å². The Morgan fingerprint density at radius 1 is 1.44 bits per heavy atom. The van der Waals surface area contributed by atoms with Gasteiger partial charge in [0.1, 0.15) is 23.4 Å². The third-order valence-electron chi connectivity index (χ3n) is 1.87. The van der Waals surface area contributed by atoms with Gasteiger partial charge in [-0.2, -0.15) is 5.10 Å². The topological polar surface area (TPSA) is 101 Å². The van der Waals surface area contributed by atoms with Gasteiger partial charge in [-0.15, -0.1) is 0 Å². The second-order valence-corrected chi connectivity index (χ2v) is 3.86. The molecule has 0 fully saturated rings. The predicted octanol–water partition coefficient (Wildman–Crippen LogP) is 0.0575. The normalized spacial score (nSPS) is 11.2. The molecule has 82 valence electrons. The molecule has 0 spiro atoms. The van der Waals surface area contributed by atoms with E-state index in [1.54, 1.807) is 13.8 Å². The summed E-state index contributed by atoms with van der Waals surface area (Å²) in [6, 6.07) is 0. The van der Waals surface area contributed by atoms with Crippen molar-refractivity contribution < 1.29 is 5.11 Å². The highest BCUT2D eigenvalue weighted by molar-refractivity contribution is 5.89. The van der Waals surface area contributed by atoms with Gasteiger partial charge in [0.05, 0.1) is 5.39 Å². The maximum absolute atomic E-state index is 9.48. The Hall–Kier alpha value is -2.13. The fraction of sp³-hybridized carbons (Fsp3) is 0.300. The maximum atomic E-state index is 9.48. The maximum Gasteiger partial charge on any atom is 0.162 e. The SMILES string of the molecule is CC(C)(O)C#Cc1n[nH]c2ncnc(N)c12. The summed E-state index contributed by atoms with van der Waals surface area (Å²) < 4.78 is 0. The lowest BCUT2D eigenvalue weighted by atomic mass is 10.1. The Morgan fingerprint density at radius 3 is 2.88 bits per heavy atom. The molecular weight excluding hydrogens is 206 g/mol. The highest BCUT2D eigenvalue weighted by Crippen LogP contribution is 2.17. The molecular formula is C10H11N5O. The first-order valence-corrected chi connectivity index (χ1v) is 4.67. The van der Waals surface area contributed by atoms with Crippen LogP contribution in [0.5, 0.6) is 0 Å². The monoisotopic (exact) mass is 217 g/mol. The molecule has 6 nitrogen and oxygen atoms in total. The zero-order valence-corrected chi connectivity index (χ0v) is 8.94. The molecule has 4 N–H and O–H groups in total. The van der Waals surface area contributed by atoms with Crippen LogP contribution in [0.15, 0.2) is 6.33 Å². The molecule has 0 unspecified atom stereocenters. The number of nitrogens with two attached hydrogens (primary N) is 1. The Bertz CT molecular complexity index is 585. The fourth-order valence-corrected chi connectivity index (χ4v) is 1.18. The lowest BCUT2D eigenvalue weighted by Crippen LogP contribution is -2.14. The molecule has 16 heavy (non-hydrogen) atoms. The summed E-state index contributed by atoms with van der Waals surface area (Å²) in [4.78, 5) is 7.83. The smallest absolute Gasteiger partial charge is 0.162 e. The van der Waals surface area contributed by atoms with Crippen LogP contribution in [0.3, 0.4) is 0 Å². The molecule has 2 heterocycles. The number of anilines is 1. The van der Waals surface area contributed by atoms with Gasteiger partial charge in [-0.3, -0.25) is 5.10 Å². The number of hydrogen-bond donors (Lipinski definition) is 3. The van der Waals surface area contributed by atoms with E-state index in [2.05, 4.69) is 32.0 Å². The molecule has 0 aromatic carbocycles. The summed E-state index contributed by atoms with van der Waals surface area (Å²) in [5, 5.41) is 16.7. The van der Waals surface area contributed by atoms with Gasteiger partial charge in [0.2, 0.25) is 0 Å². The number of nitrogen functional groups attached to an aromatic ring is 1. The van der Waals surface area contributed by atoms with Crippen LogP contribution in [0.1, 0.15) is 19.5 Å². The minimum absolute atomic E-state index is 0.318. The summed E-state index contributed by atoms with van der Waals surface area (Å²) >= 11 is 0. The van der Waals surface area contributed by atoms with E-state index in [1.165, 1.54) is 6.33 Å². The number of nitrogens with one attached hydrogen (secondary N) is 1. The number of aromatic nitrogens is 4. The lowest BCUT2D eigenvalue weighted by Gasteiger charge is -2.05. The second kappa shape index (κ2) is 3.47. The van der Waals surface area contributed by atoms with Gasteiger partial charge >= 0.3 is 0 Å². The summed E-state index contributed by atoms with van der Waals surface area (Å²) in [5.74, 6) is 5.72. The molecule has 6 heteroatoms. The average Bonchev–Trinajstić information content (AvgIpc) is 2.58. The van der Waals surface area contributed by atoms with E-state index < -0.39 is 5.60 Å². The van der Waals surface area contributed by atoms with Crippen LogP contribution in [-0.4, -0.2) is 30.9 Å². The van der Waals surface area contributed by atoms with Crippen LogP contribution in [0.4, 0.5) is 5.82 Å². The van der Waals surface area contributed by atoms with Crippen molar-refractivity contribution in [3.8, 4) is 11.8 Å². The number of nitrogens with zero attached hydrogens (tertiary/aromatic N) is 3. The lowest BCUT2D eigenvalue weighted by molar-refractivity contribution is 0.143. The quantitative estimate of drug-likeness (QED) is 0.541. The first-order valence-electron chi connectivity index (χ1n) is 4.67. The highest BCUT2D eigenvalue weighted by Gasteiger charge is 2.10. The number of aromatic amines is 1. The van der Waals surface area contributed by atoms with Crippen LogP contribution in [-0.2, 0) is 0 Å². The highest BCUT2D eigenvalue weighted by atomic mass is 16.3. The zero-order chi connectivity index (χ0) is 11.8. The molecule has 0 bridgehead atoms. The second-order valence-electron chi connectivity index (χ2n) is 3.86. The number of H-pyrrole nitrogens is 1. The molecule has 0 atom stereocenters. The van der Waals surface area contributed by atoms with Gasteiger partial charge < -0.3 is 10.8 Å². The largest absolute Gasteiger partial charge is 0.383 e. The Kier molecular flexibility index (Phi) is 2.25. The number of hydrogen-bond acceptors (Lipinski definition) is 5. The Labute approximate surface area is 91.9 Å². The first-order chi connectivity index (χ1) is 7.47. The zero-order valence-electron chi connectivity index (χ0n) is 8.94. The molecule has 0 aliphatic carbocycles. The third kappa shape index (κ3) is 1.94. The van der Waals surface area contributed by atoms with E-state index in [-0.39, 0.29) is 0 Å². The van der Waals surface area contributed by atoms with Crippen LogP contribution in [0.25, 0.3) is 11.0 Å². The summed E-state index contributed by atoms with van der Waals surface area (Å²) in [6.07, 6.45) is 1.35. The van der Waals surface area contributed by atoms with Gasteiger partial charge in [0.15, 0.2) is 5.65 Å². The van der Waals surface area contributed by atoms with E-state index >= 15 is 0 Å². The summed E-state index contributed by atoms with van der Waals surface area (Å²) in [5.41, 5.74) is 5.60. The van der Waals surface area contributed by atoms with Crippen LogP contribution in [0.2, 0.25) is 0 Å². The molecule has 2 rings (SSSR count). The summed E-state index contributed by atoms with van der Waals surface area (Å²) in [6.45, 7) is 3.18. The molecule has 0 amide bonds. The molecule has 0 saturated carbocycles. The molecule has 0 saturated heterocycles. The molecule has 0 aliphatic rings. The molecule has 0 aliphatic heterocycles. The van der Waals surface area contributed by atoms with Crippen molar-refractivity contribution in [2.75, 3.05) is 5.73 Å². The predicted molar refractivity (Wildman–Crippen MR) is 59.3 cm³/mol. The van der Waals surface area contributed by atoms with E-state index in [0.29, 0.717) is 22.5 Å². The van der Waals surface area contributed by atoms with E-state index in [4.69, 9.17) is 5.73 Å². The van der Waals surface area contributed by atoms with Gasteiger partial charge in [-0.05, 0) is 19.8 Å². The van der Waals surface area contributed by atoms with E-state index in [1.807, 2.05) is 0 Å². The minimum Gasteiger partial charge on any atom is -0.383 e.